The maximum Gasteiger partial charge on any atom is 0.251 e. The Morgan fingerprint density at radius 2 is 2.00 bits per heavy atom. The number of hydrogen-bond donors (Lipinski definition) is 1. The topological polar surface area (TPSA) is 47.6 Å². The molecule has 24 heavy (non-hydrogen) atoms. The maximum absolute atomic E-state index is 12.1. The molecule has 1 atom stereocenters. The van der Waals surface area contributed by atoms with Crippen molar-refractivity contribution in [1.82, 2.24) is 5.32 Å². The monoisotopic (exact) mass is 345 g/mol. The van der Waals surface area contributed by atoms with Crippen molar-refractivity contribution < 1.29 is 14.3 Å². The number of benzene rings is 2. The van der Waals surface area contributed by atoms with Crippen LogP contribution in [0.2, 0.25) is 5.02 Å². The summed E-state index contributed by atoms with van der Waals surface area (Å²) in [5.41, 5.74) is 1.61. The van der Waals surface area contributed by atoms with E-state index in [9.17, 15) is 4.79 Å². The van der Waals surface area contributed by atoms with E-state index in [2.05, 4.69) is 5.32 Å². The molecule has 0 aromatic heterocycles. The third-order valence-electron chi connectivity index (χ3n) is 3.96. The Balaban J connectivity index is 1.51. The molecular formula is C19H20ClNO3. The first-order chi connectivity index (χ1) is 11.7. The summed E-state index contributed by atoms with van der Waals surface area (Å²) in [6.07, 6.45) is 2.23. The van der Waals surface area contributed by atoms with Crippen LogP contribution in [0.5, 0.6) is 5.75 Å². The molecule has 2 aromatic rings. The number of ether oxygens (including phenoxy) is 2. The molecule has 1 aliphatic rings. The first-order valence-electron chi connectivity index (χ1n) is 8.08. The van der Waals surface area contributed by atoms with E-state index in [-0.39, 0.29) is 12.0 Å². The van der Waals surface area contributed by atoms with Gasteiger partial charge in [-0.2, -0.15) is 0 Å². The molecule has 126 valence electrons. The fourth-order valence-corrected chi connectivity index (χ4v) is 2.78. The van der Waals surface area contributed by atoms with Gasteiger partial charge < -0.3 is 14.8 Å². The smallest absolute Gasteiger partial charge is 0.251 e. The van der Waals surface area contributed by atoms with Gasteiger partial charge in [-0.25, -0.2) is 0 Å². The van der Waals surface area contributed by atoms with Gasteiger partial charge in [0.15, 0.2) is 0 Å². The molecule has 0 aliphatic carbocycles. The lowest BCUT2D eigenvalue weighted by atomic mass is 10.1. The summed E-state index contributed by atoms with van der Waals surface area (Å²) in [6.45, 7) is 1.76. The summed E-state index contributed by atoms with van der Waals surface area (Å²) in [7, 11) is 0. The average Bonchev–Trinajstić information content (AvgIpc) is 3.13. The number of carbonyl (C=O) groups is 1. The van der Waals surface area contributed by atoms with Crippen LogP contribution in [-0.2, 0) is 11.3 Å². The zero-order valence-corrected chi connectivity index (χ0v) is 14.1. The number of rotatable bonds is 6. The van der Waals surface area contributed by atoms with Crippen molar-refractivity contribution in [1.29, 1.82) is 0 Å². The lowest BCUT2D eigenvalue weighted by Gasteiger charge is -2.11. The molecule has 1 amide bonds. The second kappa shape index (κ2) is 8.18. The molecule has 0 bridgehead atoms. The van der Waals surface area contributed by atoms with E-state index in [0.29, 0.717) is 29.5 Å². The van der Waals surface area contributed by atoms with E-state index in [1.165, 1.54) is 0 Å². The third kappa shape index (κ3) is 4.49. The molecule has 3 rings (SSSR count). The van der Waals surface area contributed by atoms with Crippen LogP contribution in [0.3, 0.4) is 0 Å². The van der Waals surface area contributed by atoms with Gasteiger partial charge in [0.2, 0.25) is 0 Å². The average molecular weight is 346 g/mol. The lowest BCUT2D eigenvalue weighted by Crippen LogP contribution is -2.31. The number of nitrogens with one attached hydrogen (secondary N) is 1. The Labute approximate surface area is 146 Å². The zero-order chi connectivity index (χ0) is 16.8. The predicted molar refractivity (Wildman–Crippen MR) is 93.5 cm³/mol. The van der Waals surface area contributed by atoms with Crippen LogP contribution in [0.1, 0.15) is 28.8 Å². The maximum atomic E-state index is 12.1. The summed E-state index contributed by atoms with van der Waals surface area (Å²) in [5, 5.41) is 3.50. The highest BCUT2D eigenvalue weighted by atomic mass is 35.5. The van der Waals surface area contributed by atoms with Crippen LogP contribution >= 0.6 is 11.6 Å². The zero-order valence-electron chi connectivity index (χ0n) is 13.3. The van der Waals surface area contributed by atoms with Crippen molar-refractivity contribution in [2.45, 2.75) is 25.6 Å². The van der Waals surface area contributed by atoms with Gasteiger partial charge in [-0.1, -0.05) is 35.9 Å². The molecule has 5 heteroatoms. The number of carbonyl (C=O) groups excluding carboxylic acids is 1. The van der Waals surface area contributed by atoms with Crippen LogP contribution in [0.15, 0.2) is 48.5 Å². The van der Waals surface area contributed by atoms with E-state index in [4.69, 9.17) is 21.1 Å². The molecule has 1 saturated heterocycles. The molecule has 0 radical (unpaired) electrons. The van der Waals surface area contributed by atoms with Crippen molar-refractivity contribution in [3.05, 3.63) is 64.7 Å². The van der Waals surface area contributed by atoms with E-state index < -0.39 is 0 Å². The minimum absolute atomic E-state index is 0.0796. The number of hydrogen-bond acceptors (Lipinski definition) is 3. The first kappa shape index (κ1) is 16.8. The molecule has 1 fully saturated rings. The Morgan fingerprint density at radius 1 is 1.21 bits per heavy atom. The van der Waals surface area contributed by atoms with Gasteiger partial charge in [0.25, 0.3) is 5.91 Å². The van der Waals surface area contributed by atoms with E-state index in [0.717, 1.165) is 25.0 Å². The highest BCUT2D eigenvalue weighted by molar-refractivity contribution is 6.32. The van der Waals surface area contributed by atoms with Gasteiger partial charge in [0.05, 0.1) is 11.1 Å². The van der Waals surface area contributed by atoms with Crippen molar-refractivity contribution in [3.63, 3.8) is 0 Å². The fraction of sp³-hybridized carbons (Fsp3) is 0.316. The predicted octanol–water partition coefficient (Wildman–Crippen LogP) is 3.83. The number of para-hydroxylation sites is 1. The molecule has 0 unspecified atom stereocenters. The van der Waals surface area contributed by atoms with Crippen LogP contribution < -0.4 is 10.1 Å². The molecule has 0 saturated carbocycles. The second-order valence-electron chi connectivity index (χ2n) is 5.76. The summed E-state index contributed by atoms with van der Waals surface area (Å²) >= 11 is 6.06. The van der Waals surface area contributed by atoms with Gasteiger partial charge in [0.1, 0.15) is 12.4 Å². The van der Waals surface area contributed by atoms with Gasteiger partial charge in [-0.3, -0.25) is 4.79 Å². The van der Waals surface area contributed by atoms with Gasteiger partial charge in [-0.05, 0) is 42.7 Å². The summed E-state index contributed by atoms with van der Waals surface area (Å²) in [5.74, 6) is 0.571. The Kier molecular flexibility index (Phi) is 5.72. The molecule has 1 N–H and O–H groups in total. The van der Waals surface area contributed by atoms with Crippen molar-refractivity contribution in [3.8, 4) is 5.75 Å². The normalized spacial score (nSPS) is 16.8. The highest BCUT2D eigenvalue weighted by Crippen LogP contribution is 2.24. The van der Waals surface area contributed by atoms with Gasteiger partial charge in [-0.15, -0.1) is 0 Å². The van der Waals surface area contributed by atoms with Crippen molar-refractivity contribution >= 4 is 17.5 Å². The minimum atomic E-state index is -0.0796. The van der Waals surface area contributed by atoms with E-state index >= 15 is 0 Å². The molecule has 1 aliphatic heterocycles. The Hall–Kier alpha value is -2.04. The van der Waals surface area contributed by atoms with Crippen LogP contribution in [0.25, 0.3) is 0 Å². The molecule has 1 heterocycles. The summed E-state index contributed by atoms with van der Waals surface area (Å²) < 4.78 is 11.2. The van der Waals surface area contributed by atoms with E-state index in [1.54, 1.807) is 18.2 Å². The SMILES string of the molecule is O=C(NC[C@H]1CCCO1)c1ccc(COc2ccccc2Cl)cc1. The molecule has 0 spiro atoms. The number of amides is 1. The quantitative estimate of drug-likeness (QED) is 0.865. The molecule has 2 aromatic carbocycles. The van der Waals surface area contributed by atoms with Crippen LogP contribution in [0.4, 0.5) is 0 Å². The lowest BCUT2D eigenvalue weighted by molar-refractivity contribution is 0.0857. The van der Waals surface area contributed by atoms with Crippen molar-refractivity contribution in [2.24, 2.45) is 0 Å². The van der Waals surface area contributed by atoms with Gasteiger partial charge >= 0.3 is 0 Å². The standard InChI is InChI=1S/C19H20ClNO3/c20-17-5-1-2-6-18(17)24-13-14-7-9-15(10-8-14)19(22)21-12-16-4-3-11-23-16/h1-2,5-10,16H,3-4,11-13H2,(H,21,22)/t16-/m1/s1. The summed E-state index contributed by atoms with van der Waals surface area (Å²) in [4.78, 5) is 12.1. The van der Waals surface area contributed by atoms with Crippen molar-refractivity contribution in [2.75, 3.05) is 13.2 Å². The highest BCUT2D eigenvalue weighted by Gasteiger charge is 2.16. The summed E-state index contributed by atoms with van der Waals surface area (Å²) in [6, 6.07) is 14.7. The molecule has 4 nitrogen and oxygen atoms in total. The minimum Gasteiger partial charge on any atom is -0.487 e. The largest absolute Gasteiger partial charge is 0.487 e. The second-order valence-corrected chi connectivity index (χ2v) is 6.17. The first-order valence-corrected chi connectivity index (χ1v) is 8.46. The fourth-order valence-electron chi connectivity index (χ4n) is 2.59. The Morgan fingerprint density at radius 3 is 2.71 bits per heavy atom. The van der Waals surface area contributed by atoms with E-state index in [1.807, 2.05) is 30.3 Å². The number of halogens is 1. The van der Waals surface area contributed by atoms with Gasteiger partial charge in [0, 0.05) is 18.7 Å². The third-order valence-corrected chi connectivity index (χ3v) is 4.27. The Bertz CT molecular complexity index is 681. The van der Waals surface area contributed by atoms with Crippen LogP contribution in [0, 0.1) is 0 Å². The molecular weight excluding hydrogens is 326 g/mol. The van der Waals surface area contributed by atoms with Crippen LogP contribution in [-0.4, -0.2) is 25.2 Å².